The predicted octanol–water partition coefficient (Wildman–Crippen LogP) is 3.48. The third-order valence-electron chi connectivity index (χ3n) is 5.59. The molecule has 1 aromatic heterocycles. The Bertz CT molecular complexity index is 1090. The predicted molar refractivity (Wildman–Crippen MR) is 117 cm³/mol. The number of para-hydroxylation sites is 1. The topological polar surface area (TPSA) is 66.4 Å². The minimum Gasteiger partial charge on any atom is -0.338 e. The van der Waals surface area contributed by atoms with Crippen LogP contribution in [-0.2, 0) is 11.2 Å². The van der Waals surface area contributed by atoms with E-state index in [1.165, 1.54) is 11.0 Å². The molecule has 6 heteroatoms. The molecule has 1 aliphatic rings. The first-order chi connectivity index (χ1) is 14.5. The summed E-state index contributed by atoms with van der Waals surface area (Å²) in [6.07, 6.45) is 4.84. The van der Waals surface area contributed by atoms with Crippen molar-refractivity contribution in [3.63, 3.8) is 0 Å². The van der Waals surface area contributed by atoms with E-state index in [1.807, 2.05) is 35.4 Å². The van der Waals surface area contributed by atoms with Gasteiger partial charge in [-0.1, -0.05) is 24.8 Å². The smallest absolute Gasteiger partial charge is 0.253 e. The summed E-state index contributed by atoms with van der Waals surface area (Å²) >= 11 is 0. The Kier molecular flexibility index (Phi) is 5.57. The van der Waals surface area contributed by atoms with E-state index in [0.29, 0.717) is 18.0 Å². The quantitative estimate of drug-likeness (QED) is 0.615. The zero-order valence-corrected chi connectivity index (χ0v) is 17.0. The summed E-state index contributed by atoms with van der Waals surface area (Å²) in [4.78, 5) is 37.1. The van der Waals surface area contributed by atoms with Crippen molar-refractivity contribution >= 4 is 28.4 Å². The van der Waals surface area contributed by atoms with Crippen molar-refractivity contribution < 1.29 is 9.59 Å². The second-order valence-corrected chi connectivity index (χ2v) is 7.60. The first-order valence-electron chi connectivity index (χ1n) is 10.1. The molecule has 1 aliphatic heterocycles. The molecule has 0 radical (unpaired) electrons. The minimum atomic E-state index is -0.188. The van der Waals surface area contributed by atoms with E-state index in [-0.39, 0.29) is 11.8 Å². The Morgan fingerprint density at radius 1 is 1.20 bits per heavy atom. The largest absolute Gasteiger partial charge is 0.338 e. The van der Waals surface area contributed by atoms with Crippen LogP contribution in [0.3, 0.4) is 0 Å². The van der Waals surface area contributed by atoms with Crippen molar-refractivity contribution in [2.45, 2.75) is 12.8 Å². The van der Waals surface area contributed by atoms with Gasteiger partial charge in [-0.25, -0.2) is 9.97 Å². The Labute approximate surface area is 175 Å². The lowest BCUT2D eigenvalue weighted by atomic mass is 10.0. The van der Waals surface area contributed by atoms with Gasteiger partial charge in [0.05, 0.1) is 5.52 Å². The van der Waals surface area contributed by atoms with Gasteiger partial charge >= 0.3 is 0 Å². The van der Waals surface area contributed by atoms with E-state index in [4.69, 9.17) is 0 Å². The van der Waals surface area contributed by atoms with Gasteiger partial charge in [0.15, 0.2) is 0 Å². The molecule has 0 aliphatic carbocycles. The van der Waals surface area contributed by atoms with Crippen LogP contribution in [0.5, 0.6) is 0 Å². The van der Waals surface area contributed by atoms with E-state index in [9.17, 15) is 9.59 Å². The number of likely N-dealkylation sites (N-methyl/N-ethyl adjacent to an activating group) is 1. The molecule has 6 nitrogen and oxygen atoms in total. The number of hydrogen-bond donors (Lipinski definition) is 0. The maximum absolute atomic E-state index is 12.9. The van der Waals surface area contributed by atoms with Crippen molar-refractivity contribution in [1.29, 1.82) is 0 Å². The van der Waals surface area contributed by atoms with Gasteiger partial charge in [0.1, 0.15) is 5.82 Å². The van der Waals surface area contributed by atoms with Gasteiger partial charge in [0.2, 0.25) is 5.91 Å². The van der Waals surface area contributed by atoms with Crippen LogP contribution in [0.1, 0.15) is 22.6 Å². The molecule has 30 heavy (non-hydrogen) atoms. The van der Waals surface area contributed by atoms with Crippen LogP contribution in [0.4, 0.5) is 5.69 Å². The Morgan fingerprint density at radius 2 is 1.97 bits per heavy atom. The van der Waals surface area contributed by atoms with Gasteiger partial charge in [-0.3, -0.25) is 9.59 Å². The van der Waals surface area contributed by atoms with Gasteiger partial charge < -0.3 is 9.80 Å². The minimum absolute atomic E-state index is 0.0150. The first-order valence-corrected chi connectivity index (χ1v) is 10.1. The van der Waals surface area contributed by atoms with Crippen LogP contribution in [-0.4, -0.2) is 46.8 Å². The summed E-state index contributed by atoms with van der Waals surface area (Å²) in [6.45, 7) is 4.93. The lowest BCUT2D eigenvalue weighted by molar-refractivity contribution is -0.113. The molecule has 0 bridgehead atoms. The van der Waals surface area contributed by atoms with Gasteiger partial charge in [-0.05, 0) is 48.7 Å². The standard InChI is InChI=1S/C24H24N4O2/c1-3-23(29)27(2)20-10-8-18(9-11-20)24(30)28-13-12-17(16-28)14-22-25-15-19-6-4-5-7-21(19)26-22/h3-11,15,17H,1,12-14,16H2,2H3/t17-/m0/s1. The van der Waals surface area contributed by atoms with Crippen molar-refractivity contribution in [2.75, 3.05) is 25.0 Å². The van der Waals surface area contributed by atoms with Crippen molar-refractivity contribution in [3.8, 4) is 0 Å². The van der Waals surface area contributed by atoms with E-state index < -0.39 is 0 Å². The summed E-state index contributed by atoms with van der Waals surface area (Å²) in [7, 11) is 1.68. The zero-order chi connectivity index (χ0) is 21.1. The van der Waals surface area contributed by atoms with E-state index in [0.717, 1.165) is 41.8 Å². The van der Waals surface area contributed by atoms with Crippen LogP contribution >= 0.6 is 0 Å². The third kappa shape index (κ3) is 4.08. The van der Waals surface area contributed by atoms with Crippen LogP contribution in [0, 0.1) is 5.92 Å². The molecular weight excluding hydrogens is 376 g/mol. The number of likely N-dealkylation sites (tertiary alicyclic amines) is 1. The maximum atomic E-state index is 12.9. The number of carbonyl (C=O) groups excluding carboxylic acids is 2. The zero-order valence-electron chi connectivity index (χ0n) is 17.0. The fraction of sp³-hybridized carbons (Fsp3) is 0.250. The second-order valence-electron chi connectivity index (χ2n) is 7.60. The Balaban J connectivity index is 1.39. The summed E-state index contributed by atoms with van der Waals surface area (Å²) in [5, 5.41) is 1.04. The second kappa shape index (κ2) is 8.45. The lowest BCUT2D eigenvalue weighted by Crippen LogP contribution is -2.29. The highest BCUT2D eigenvalue weighted by atomic mass is 16.2. The van der Waals surface area contributed by atoms with Gasteiger partial charge in [0, 0.05) is 49.4 Å². The monoisotopic (exact) mass is 400 g/mol. The molecule has 0 spiro atoms. The summed E-state index contributed by atoms with van der Waals surface area (Å²) in [5.74, 6) is 1.01. The third-order valence-corrected chi connectivity index (χ3v) is 5.59. The van der Waals surface area contributed by atoms with Crippen LogP contribution in [0.25, 0.3) is 10.9 Å². The maximum Gasteiger partial charge on any atom is 0.253 e. The molecule has 0 N–H and O–H groups in total. The Hall–Kier alpha value is -3.54. The van der Waals surface area contributed by atoms with Crippen molar-refractivity contribution in [3.05, 3.63) is 78.8 Å². The number of nitrogens with zero attached hydrogens (tertiary/aromatic N) is 4. The number of carbonyl (C=O) groups is 2. The van der Waals surface area contributed by atoms with E-state index >= 15 is 0 Å². The SMILES string of the molecule is C=CC(=O)N(C)c1ccc(C(=O)N2CC[C@@H](Cc3ncc4ccccc4n3)C2)cc1. The average molecular weight is 400 g/mol. The summed E-state index contributed by atoms with van der Waals surface area (Å²) in [6, 6.07) is 15.1. The van der Waals surface area contributed by atoms with Crippen LogP contribution < -0.4 is 4.90 Å². The molecule has 0 unspecified atom stereocenters. The molecule has 1 fully saturated rings. The number of rotatable bonds is 5. The molecule has 152 valence electrons. The molecule has 3 aromatic rings. The molecular formula is C24H24N4O2. The number of anilines is 1. The van der Waals surface area contributed by atoms with E-state index in [1.54, 1.807) is 31.3 Å². The Morgan fingerprint density at radius 3 is 2.73 bits per heavy atom. The molecule has 2 heterocycles. The van der Waals surface area contributed by atoms with E-state index in [2.05, 4.69) is 16.5 Å². The number of amides is 2. The van der Waals surface area contributed by atoms with Gasteiger partial charge in [0.25, 0.3) is 5.91 Å². The molecule has 0 saturated carbocycles. The lowest BCUT2D eigenvalue weighted by Gasteiger charge is -2.18. The van der Waals surface area contributed by atoms with Crippen molar-refractivity contribution in [2.24, 2.45) is 5.92 Å². The van der Waals surface area contributed by atoms with Crippen molar-refractivity contribution in [1.82, 2.24) is 14.9 Å². The summed E-state index contributed by atoms with van der Waals surface area (Å²) in [5.41, 5.74) is 2.30. The van der Waals surface area contributed by atoms with Crippen LogP contribution in [0.2, 0.25) is 0 Å². The van der Waals surface area contributed by atoms with Crippen LogP contribution in [0.15, 0.2) is 67.4 Å². The van der Waals surface area contributed by atoms with Gasteiger partial charge in [-0.2, -0.15) is 0 Å². The molecule has 4 rings (SSSR count). The molecule has 2 amide bonds. The molecule has 2 aromatic carbocycles. The number of fused-ring (bicyclic) bond motifs is 1. The fourth-order valence-corrected chi connectivity index (χ4v) is 3.83. The highest BCUT2D eigenvalue weighted by Gasteiger charge is 2.27. The highest BCUT2D eigenvalue weighted by molar-refractivity contribution is 6.01. The number of aromatic nitrogens is 2. The molecule has 1 atom stereocenters. The summed E-state index contributed by atoms with van der Waals surface area (Å²) < 4.78 is 0. The number of benzene rings is 2. The van der Waals surface area contributed by atoms with Gasteiger partial charge in [-0.15, -0.1) is 0 Å². The first kappa shape index (κ1) is 19.8. The fourth-order valence-electron chi connectivity index (χ4n) is 3.83. The highest BCUT2D eigenvalue weighted by Crippen LogP contribution is 2.23. The number of hydrogen-bond acceptors (Lipinski definition) is 4. The molecule has 1 saturated heterocycles. The normalized spacial score (nSPS) is 15.9. The average Bonchev–Trinajstić information content (AvgIpc) is 3.26.